The van der Waals surface area contributed by atoms with Crippen molar-refractivity contribution in [1.29, 1.82) is 0 Å². The third kappa shape index (κ3) is 4.28. The number of nitrogens with one attached hydrogen (secondary N) is 1. The number of aliphatic hydroxyl groups is 1. The summed E-state index contributed by atoms with van der Waals surface area (Å²) in [6.07, 6.45) is 0.522. The summed E-state index contributed by atoms with van der Waals surface area (Å²) in [4.78, 5) is 14.0. The number of hydrogen-bond donors (Lipinski definition) is 2. The Morgan fingerprint density at radius 1 is 1.22 bits per heavy atom. The van der Waals surface area contributed by atoms with Gasteiger partial charge in [-0.25, -0.2) is 12.8 Å². The van der Waals surface area contributed by atoms with Crippen LogP contribution in [0.4, 0.5) is 10.1 Å². The summed E-state index contributed by atoms with van der Waals surface area (Å²) in [5.74, 6) is -0.686. The Kier molecular flexibility index (Phi) is 4.96. The van der Waals surface area contributed by atoms with Gasteiger partial charge in [0.2, 0.25) is 0 Å². The highest BCUT2D eigenvalue weighted by atomic mass is 32.2. The van der Waals surface area contributed by atoms with Crippen molar-refractivity contribution in [1.82, 2.24) is 4.90 Å². The third-order valence-corrected chi connectivity index (χ3v) is 5.94. The van der Waals surface area contributed by atoms with E-state index in [4.69, 9.17) is 0 Å². The van der Waals surface area contributed by atoms with Gasteiger partial charge >= 0.3 is 0 Å². The van der Waals surface area contributed by atoms with E-state index in [1.165, 1.54) is 43.3 Å². The van der Waals surface area contributed by atoms with Crippen LogP contribution in [0, 0.1) is 12.7 Å². The molecule has 2 aromatic carbocycles. The number of aryl methyl sites for hydroxylation is 1. The molecule has 0 aliphatic carbocycles. The number of anilines is 1. The first-order valence-corrected chi connectivity index (χ1v) is 9.96. The van der Waals surface area contributed by atoms with Gasteiger partial charge in [0.25, 0.3) is 15.9 Å². The van der Waals surface area contributed by atoms with Gasteiger partial charge < -0.3 is 10.0 Å². The average Bonchev–Trinajstić information content (AvgIpc) is 2.97. The summed E-state index contributed by atoms with van der Waals surface area (Å²) in [6.45, 7) is 3.92. The van der Waals surface area contributed by atoms with Crippen LogP contribution in [0.5, 0.6) is 0 Å². The predicted octanol–water partition coefficient (Wildman–Crippen LogP) is 2.53. The highest BCUT2D eigenvalue weighted by Gasteiger charge is 2.34. The van der Waals surface area contributed by atoms with Crippen LogP contribution >= 0.6 is 0 Å². The molecule has 2 N–H and O–H groups in total. The van der Waals surface area contributed by atoms with Gasteiger partial charge in [-0.3, -0.25) is 9.52 Å². The van der Waals surface area contributed by atoms with E-state index in [0.717, 1.165) is 6.07 Å². The first-order valence-electron chi connectivity index (χ1n) is 8.48. The standard InChI is InChI=1S/C19H21FN2O4S/c1-13-11-16(7-8-17(13)20)27(25,26)21-15-5-3-14(4-6-15)18(23)22-10-9-19(2,24)12-22/h3-8,11,21,24H,9-10,12H2,1-2H3/t19-/m1/s1. The Labute approximate surface area is 157 Å². The van der Waals surface area contributed by atoms with Gasteiger partial charge in [-0.2, -0.15) is 0 Å². The molecule has 0 bridgehead atoms. The average molecular weight is 392 g/mol. The highest BCUT2D eigenvalue weighted by Crippen LogP contribution is 2.23. The summed E-state index contributed by atoms with van der Waals surface area (Å²) >= 11 is 0. The van der Waals surface area contributed by atoms with Crippen molar-refractivity contribution in [3.05, 3.63) is 59.4 Å². The zero-order valence-electron chi connectivity index (χ0n) is 15.1. The molecule has 1 aliphatic rings. The third-order valence-electron chi connectivity index (χ3n) is 4.56. The van der Waals surface area contributed by atoms with Crippen molar-refractivity contribution in [2.45, 2.75) is 30.8 Å². The summed E-state index contributed by atoms with van der Waals surface area (Å²) in [6, 6.07) is 9.62. The van der Waals surface area contributed by atoms with Crippen LogP contribution in [0.2, 0.25) is 0 Å². The second-order valence-electron chi connectivity index (χ2n) is 7.07. The second kappa shape index (κ2) is 6.94. The van der Waals surface area contributed by atoms with Gasteiger partial charge in [0.05, 0.1) is 10.5 Å². The Bertz CT molecular complexity index is 972. The van der Waals surface area contributed by atoms with E-state index in [0.29, 0.717) is 24.2 Å². The van der Waals surface area contributed by atoms with Crippen LogP contribution in [-0.4, -0.2) is 43.0 Å². The lowest BCUT2D eigenvalue weighted by molar-refractivity contribution is 0.0572. The molecule has 0 unspecified atom stereocenters. The molecule has 1 atom stereocenters. The van der Waals surface area contributed by atoms with Crippen molar-refractivity contribution in [3.63, 3.8) is 0 Å². The minimum atomic E-state index is -3.86. The maximum absolute atomic E-state index is 13.3. The molecular weight excluding hydrogens is 371 g/mol. The molecule has 1 amide bonds. The zero-order chi connectivity index (χ0) is 19.8. The minimum absolute atomic E-state index is 0.0409. The van der Waals surface area contributed by atoms with Crippen molar-refractivity contribution in [2.24, 2.45) is 0 Å². The molecule has 0 saturated carbocycles. The number of halogens is 1. The molecule has 0 aromatic heterocycles. The summed E-state index contributed by atoms with van der Waals surface area (Å²) in [5, 5.41) is 9.98. The molecule has 27 heavy (non-hydrogen) atoms. The topological polar surface area (TPSA) is 86.7 Å². The summed E-state index contributed by atoms with van der Waals surface area (Å²) in [7, 11) is -3.86. The van der Waals surface area contributed by atoms with E-state index in [1.54, 1.807) is 11.8 Å². The molecule has 3 rings (SSSR count). The van der Waals surface area contributed by atoms with Gasteiger partial charge in [0, 0.05) is 24.3 Å². The molecule has 6 nitrogen and oxygen atoms in total. The molecular formula is C19H21FN2O4S. The van der Waals surface area contributed by atoms with Crippen LogP contribution < -0.4 is 4.72 Å². The molecule has 1 fully saturated rings. The maximum atomic E-state index is 13.3. The largest absolute Gasteiger partial charge is 0.388 e. The molecule has 1 heterocycles. The quantitative estimate of drug-likeness (QED) is 0.837. The fourth-order valence-electron chi connectivity index (χ4n) is 2.98. The normalized spacial score (nSPS) is 19.9. The van der Waals surface area contributed by atoms with E-state index in [9.17, 15) is 22.7 Å². The molecule has 1 saturated heterocycles. The Balaban J connectivity index is 1.73. The molecule has 8 heteroatoms. The SMILES string of the molecule is Cc1cc(S(=O)(=O)Nc2ccc(C(=O)N3CC[C@@](C)(O)C3)cc2)ccc1F. The van der Waals surface area contributed by atoms with Crippen LogP contribution in [-0.2, 0) is 10.0 Å². The lowest BCUT2D eigenvalue weighted by Crippen LogP contribution is -2.33. The lowest BCUT2D eigenvalue weighted by Gasteiger charge is -2.19. The van der Waals surface area contributed by atoms with Gasteiger partial charge in [-0.15, -0.1) is 0 Å². The second-order valence-corrected chi connectivity index (χ2v) is 8.75. The van der Waals surface area contributed by atoms with Crippen molar-refractivity contribution in [3.8, 4) is 0 Å². The number of carbonyl (C=O) groups excluding carboxylic acids is 1. The fraction of sp³-hybridized carbons (Fsp3) is 0.316. The van der Waals surface area contributed by atoms with E-state index < -0.39 is 21.4 Å². The molecule has 0 radical (unpaired) electrons. The summed E-state index contributed by atoms with van der Waals surface area (Å²) < 4.78 is 40.6. The van der Waals surface area contributed by atoms with Gasteiger partial charge in [-0.05, 0) is 68.3 Å². The van der Waals surface area contributed by atoms with Crippen LogP contribution in [0.25, 0.3) is 0 Å². The smallest absolute Gasteiger partial charge is 0.261 e. The highest BCUT2D eigenvalue weighted by molar-refractivity contribution is 7.92. The molecule has 0 spiro atoms. The number of benzene rings is 2. The van der Waals surface area contributed by atoms with E-state index >= 15 is 0 Å². The number of β-amino-alcohol motifs (C(OH)–C–C–N with tert-alkyl or cyclic N) is 1. The Morgan fingerprint density at radius 3 is 2.44 bits per heavy atom. The van der Waals surface area contributed by atoms with E-state index in [-0.39, 0.29) is 22.9 Å². The fourth-order valence-corrected chi connectivity index (χ4v) is 4.12. The molecule has 1 aliphatic heterocycles. The van der Waals surface area contributed by atoms with Crippen molar-refractivity contribution in [2.75, 3.05) is 17.8 Å². The number of amides is 1. The first-order chi connectivity index (χ1) is 12.6. The summed E-state index contributed by atoms with van der Waals surface area (Å²) in [5.41, 5.74) is 0.0638. The van der Waals surface area contributed by atoms with Gasteiger partial charge in [0.1, 0.15) is 5.82 Å². The van der Waals surface area contributed by atoms with Crippen LogP contribution in [0.1, 0.15) is 29.3 Å². The number of rotatable bonds is 4. The van der Waals surface area contributed by atoms with E-state index in [1.807, 2.05) is 0 Å². The number of hydrogen-bond acceptors (Lipinski definition) is 4. The Hall–Kier alpha value is -2.45. The number of likely N-dealkylation sites (tertiary alicyclic amines) is 1. The minimum Gasteiger partial charge on any atom is -0.388 e. The van der Waals surface area contributed by atoms with Crippen LogP contribution in [0.3, 0.4) is 0 Å². The monoisotopic (exact) mass is 392 g/mol. The predicted molar refractivity (Wildman–Crippen MR) is 99.5 cm³/mol. The zero-order valence-corrected chi connectivity index (χ0v) is 15.9. The van der Waals surface area contributed by atoms with Crippen molar-refractivity contribution >= 4 is 21.6 Å². The number of nitrogens with zero attached hydrogens (tertiary/aromatic N) is 1. The van der Waals surface area contributed by atoms with Gasteiger partial charge in [-0.1, -0.05) is 0 Å². The first kappa shape index (κ1) is 19.3. The molecule has 2 aromatic rings. The van der Waals surface area contributed by atoms with Gasteiger partial charge in [0.15, 0.2) is 0 Å². The number of sulfonamides is 1. The van der Waals surface area contributed by atoms with Crippen LogP contribution in [0.15, 0.2) is 47.4 Å². The Morgan fingerprint density at radius 2 is 1.89 bits per heavy atom. The molecule has 144 valence electrons. The number of carbonyl (C=O) groups is 1. The van der Waals surface area contributed by atoms with E-state index in [2.05, 4.69) is 4.72 Å². The maximum Gasteiger partial charge on any atom is 0.261 e. The van der Waals surface area contributed by atoms with Crippen molar-refractivity contribution < 1.29 is 22.7 Å². The lowest BCUT2D eigenvalue weighted by atomic mass is 10.1.